The number of piperidine rings is 1. The first-order chi connectivity index (χ1) is 15.1. The molecule has 2 heterocycles. The smallest absolute Gasteiger partial charge is 0.254 e. The van der Waals surface area contributed by atoms with Gasteiger partial charge >= 0.3 is 0 Å². The summed E-state index contributed by atoms with van der Waals surface area (Å²) in [5, 5.41) is 9.01. The van der Waals surface area contributed by atoms with Crippen molar-refractivity contribution >= 4 is 5.91 Å². The second-order valence-corrected chi connectivity index (χ2v) is 7.34. The van der Waals surface area contributed by atoms with E-state index in [2.05, 4.69) is 11.2 Å². The number of benzene rings is 2. The molecule has 0 unspecified atom stereocenters. The molecule has 2 N–H and O–H groups in total. The minimum atomic E-state index is -0.595. The highest BCUT2D eigenvalue weighted by Crippen LogP contribution is 2.32. The van der Waals surface area contributed by atoms with E-state index in [0.29, 0.717) is 24.6 Å². The SMILES string of the molecule is N#CN1CCC(c2cnc(Oc3ccc(Oc4ccccc4)cc3)c(C(N)=O)c2)CC1. The molecule has 1 aromatic heterocycles. The number of nitriles is 1. The van der Waals surface area contributed by atoms with E-state index in [1.54, 1.807) is 41.4 Å². The van der Waals surface area contributed by atoms with Crippen LogP contribution in [0.1, 0.15) is 34.7 Å². The monoisotopic (exact) mass is 414 g/mol. The number of likely N-dealkylation sites (tertiary alicyclic amines) is 1. The fourth-order valence-electron chi connectivity index (χ4n) is 3.57. The zero-order valence-corrected chi connectivity index (χ0v) is 16.9. The highest BCUT2D eigenvalue weighted by Gasteiger charge is 2.22. The maximum absolute atomic E-state index is 12.0. The number of nitrogens with two attached hydrogens (primary N) is 1. The molecule has 0 spiro atoms. The van der Waals surface area contributed by atoms with Crippen molar-refractivity contribution in [2.24, 2.45) is 5.73 Å². The third kappa shape index (κ3) is 4.93. The van der Waals surface area contributed by atoms with E-state index in [1.807, 2.05) is 30.3 Å². The predicted molar refractivity (Wildman–Crippen MR) is 115 cm³/mol. The molecule has 1 fully saturated rings. The molecular formula is C24H22N4O3. The number of carbonyl (C=O) groups is 1. The van der Waals surface area contributed by atoms with Gasteiger partial charge in [0.2, 0.25) is 5.88 Å². The maximum Gasteiger partial charge on any atom is 0.254 e. The molecular weight excluding hydrogens is 392 g/mol. The molecule has 7 nitrogen and oxygen atoms in total. The van der Waals surface area contributed by atoms with Gasteiger partial charge in [-0.3, -0.25) is 4.79 Å². The van der Waals surface area contributed by atoms with Crippen LogP contribution in [0, 0.1) is 11.5 Å². The van der Waals surface area contributed by atoms with Crippen LogP contribution < -0.4 is 15.2 Å². The van der Waals surface area contributed by atoms with Gasteiger partial charge < -0.3 is 20.1 Å². The Labute approximate surface area is 180 Å². The van der Waals surface area contributed by atoms with E-state index in [9.17, 15) is 4.79 Å². The lowest BCUT2D eigenvalue weighted by molar-refractivity contribution is 0.0997. The maximum atomic E-state index is 12.0. The summed E-state index contributed by atoms with van der Waals surface area (Å²) >= 11 is 0. The Kier molecular flexibility index (Phi) is 5.99. The van der Waals surface area contributed by atoms with Crippen LogP contribution in [0.4, 0.5) is 0 Å². The molecule has 156 valence electrons. The van der Waals surface area contributed by atoms with Crippen LogP contribution in [0.2, 0.25) is 0 Å². The van der Waals surface area contributed by atoms with E-state index >= 15 is 0 Å². The van der Waals surface area contributed by atoms with Gasteiger partial charge in [-0.05, 0) is 66.8 Å². The molecule has 0 atom stereocenters. The van der Waals surface area contributed by atoms with Crippen molar-refractivity contribution < 1.29 is 14.3 Å². The van der Waals surface area contributed by atoms with Crippen molar-refractivity contribution in [3.8, 4) is 29.3 Å². The Balaban J connectivity index is 1.48. The van der Waals surface area contributed by atoms with Gasteiger partial charge in [-0.2, -0.15) is 5.26 Å². The molecule has 4 rings (SSSR count). The average molecular weight is 414 g/mol. The van der Waals surface area contributed by atoms with Crippen molar-refractivity contribution in [3.63, 3.8) is 0 Å². The van der Waals surface area contributed by atoms with Crippen LogP contribution >= 0.6 is 0 Å². The zero-order valence-electron chi connectivity index (χ0n) is 16.9. The Morgan fingerprint density at radius 2 is 1.61 bits per heavy atom. The van der Waals surface area contributed by atoms with Crippen molar-refractivity contribution in [1.29, 1.82) is 5.26 Å². The number of hydrogen-bond acceptors (Lipinski definition) is 6. The normalized spacial score (nSPS) is 14.0. The van der Waals surface area contributed by atoms with Gasteiger partial charge in [-0.15, -0.1) is 0 Å². The second-order valence-electron chi connectivity index (χ2n) is 7.34. The van der Waals surface area contributed by atoms with E-state index in [-0.39, 0.29) is 17.4 Å². The second kappa shape index (κ2) is 9.18. The molecule has 0 aliphatic carbocycles. The molecule has 31 heavy (non-hydrogen) atoms. The minimum Gasteiger partial charge on any atom is -0.457 e. The van der Waals surface area contributed by atoms with Crippen LogP contribution in [0.15, 0.2) is 66.9 Å². The number of aromatic nitrogens is 1. The largest absolute Gasteiger partial charge is 0.457 e. The Morgan fingerprint density at radius 1 is 1.00 bits per heavy atom. The number of para-hydroxylation sites is 1. The summed E-state index contributed by atoms with van der Waals surface area (Å²) in [6.07, 6.45) is 5.56. The van der Waals surface area contributed by atoms with Gasteiger partial charge in [-0.25, -0.2) is 4.98 Å². The van der Waals surface area contributed by atoms with Crippen molar-refractivity contribution in [2.45, 2.75) is 18.8 Å². The predicted octanol–water partition coefficient (Wildman–Crippen LogP) is 4.43. The molecule has 1 saturated heterocycles. The summed E-state index contributed by atoms with van der Waals surface area (Å²) in [5.74, 6) is 1.74. The number of rotatable bonds is 6. The Morgan fingerprint density at radius 3 is 2.23 bits per heavy atom. The number of carbonyl (C=O) groups excluding carboxylic acids is 1. The van der Waals surface area contributed by atoms with Gasteiger partial charge in [0.15, 0.2) is 6.19 Å². The first-order valence-electron chi connectivity index (χ1n) is 10.1. The summed E-state index contributed by atoms with van der Waals surface area (Å²) in [6.45, 7) is 1.39. The topological polar surface area (TPSA) is 101 Å². The molecule has 1 aliphatic heterocycles. The van der Waals surface area contributed by atoms with E-state index in [1.165, 1.54) is 0 Å². The molecule has 7 heteroatoms. The lowest BCUT2D eigenvalue weighted by atomic mass is 9.90. The fraction of sp³-hybridized carbons (Fsp3) is 0.208. The molecule has 0 radical (unpaired) electrons. The molecule has 1 amide bonds. The van der Waals surface area contributed by atoms with Gasteiger partial charge in [-0.1, -0.05) is 18.2 Å². The van der Waals surface area contributed by atoms with Crippen LogP contribution in [-0.4, -0.2) is 28.9 Å². The number of pyridine rings is 1. The summed E-state index contributed by atoms with van der Waals surface area (Å²) in [4.78, 5) is 18.1. The third-order valence-electron chi connectivity index (χ3n) is 5.26. The van der Waals surface area contributed by atoms with Crippen LogP contribution in [0.25, 0.3) is 0 Å². The summed E-state index contributed by atoms with van der Waals surface area (Å²) < 4.78 is 11.6. The minimum absolute atomic E-state index is 0.169. The van der Waals surface area contributed by atoms with Gasteiger partial charge in [0.1, 0.15) is 22.8 Å². The first-order valence-corrected chi connectivity index (χ1v) is 10.1. The molecule has 1 aliphatic rings. The number of primary amides is 1. The number of hydrogen-bond donors (Lipinski definition) is 1. The molecule has 2 aromatic carbocycles. The van der Waals surface area contributed by atoms with E-state index < -0.39 is 5.91 Å². The molecule has 0 bridgehead atoms. The van der Waals surface area contributed by atoms with E-state index in [4.69, 9.17) is 20.5 Å². The lowest BCUT2D eigenvalue weighted by Gasteiger charge is -2.28. The van der Waals surface area contributed by atoms with Gasteiger partial charge in [0, 0.05) is 19.3 Å². The van der Waals surface area contributed by atoms with Crippen molar-refractivity contribution in [1.82, 2.24) is 9.88 Å². The number of nitrogens with zero attached hydrogens (tertiary/aromatic N) is 3. The summed E-state index contributed by atoms with van der Waals surface area (Å²) in [7, 11) is 0. The summed E-state index contributed by atoms with van der Waals surface area (Å²) in [5.41, 5.74) is 6.77. The Hall–Kier alpha value is -4.05. The van der Waals surface area contributed by atoms with Crippen molar-refractivity contribution in [2.75, 3.05) is 13.1 Å². The lowest BCUT2D eigenvalue weighted by Crippen LogP contribution is -2.29. The highest BCUT2D eigenvalue weighted by atomic mass is 16.5. The number of ether oxygens (including phenoxy) is 2. The number of amides is 1. The standard InChI is InChI=1S/C24H22N4O3/c25-16-28-12-10-17(11-13-28)18-14-22(23(26)29)24(27-15-18)31-21-8-6-20(7-9-21)30-19-4-2-1-3-5-19/h1-9,14-15,17H,10-13H2,(H2,26,29). The first kappa shape index (κ1) is 20.2. The molecule has 0 saturated carbocycles. The third-order valence-corrected chi connectivity index (χ3v) is 5.26. The molecule has 3 aromatic rings. The average Bonchev–Trinajstić information content (AvgIpc) is 2.81. The Bertz CT molecular complexity index is 1090. The quantitative estimate of drug-likeness (QED) is 0.599. The fourth-order valence-corrected chi connectivity index (χ4v) is 3.57. The van der Waals surface area contributed by atoms with Gasteiger partial charge in [0.05, 0.1) is 0 Å². The van der Waals surface area contributed by atoms with Crippen LogP contribution in [0.3, 0.4) is 0 Å². The van der Waals surface area contributed by atoms with Crippen molar-refractivity contribution in [3.05, 3.63) is 78.0 Å². The van der Waals surface area contributed by atoms with Gasteiger partial charge in [0.25, 0.3) is 5.91 Å². The zero-order chi connectivity index (χ0) is 21.6. The van der Waals surface area contributed by atoms with E-state index in [0.717, 1.165) is 24.2 Å². The van der Waals surface area contributed by atoms with Crippen LogP contribution in [0.5, 0.6) is 23.1 Å². The highest BCUT2D eigenvalue weighted by molar-refractivity contribution is 5.95. The van der Waals surface area contributed by atoms with Crippen LogP contribution in [-0.2, 0) is 0 Å². The summed E-state index contributed by atoms with van der Waals surface area (Å²) in [6, 6.07) is 18.3.